The highest BCUT2D eigenvalue weighted by Crippen LogP contribution is 2.22. The van der Waals surface area contributed by atoms with Crippen LogP contribution in [0.1, 0.15) is 22.5 Å². The Balaban J connectivity index is 2.34. The van der Waals surface area contributed by atoms with Crippen molar-refractivity contribution in [3.05, 3.63) is 51.0 Å². The minimum Gasteiger partial charge on any atom is -0.316 e. The molecular formula is C14H17BrFN3. The molecule has 0 atom stereocenters. The highest BCUT2D eigenvalue weighted by molar-refractivity contribution is 9.10. The van der Waals surface area contributed by atoms with Gasteiger partial charge in [-0.05, 0) is 48.5 Å². The van der Waals surface area contributed by atoms with Crippen molar-refractivity contribution in [2.24, 2.45) is 0 Å². The van der Waals surface area contributed by atoms with Crippen molar-refractivity contribution in [2.45, 2.75) is 26.9 Å². The molecule has 0 aliphatic heterocycles. The molecule has 0 spiro atoms. The predicted octanol–water partition coefficient (Wildman–Crippen LogP) is 3.17. The third-order valence-electron chi connectivity index (χ3n) is 3.24. The van der Waals surface area contributed by atoms with Crippen molar-refractivity contribution < 1.29 is 4.39 Å². The van der Waals surface area contributed by atoms with Crippen LogP contribution in [0.4, 0.5) is 4.39 Å². The van der Waals surface area contributed by atoms with E-state index in [2.05, 4.69) is 26.3 Å². The summed E-state index contributed by atoms with van der Waals surface area (Å²) in [5.74, 6) is -0.241. The molecule has 2 rings (SSSR count). The molecule has 0 aliphatic rings. The molecule has 102 valence electrons. The van der Waals surface area contributed by atoms with E-state index in [0.29, 0.717) is 11.0 Å². The van der Waals surface area contributed by atoms with Gasteiger partial charge in [-0.15, -0.1) is 0 Å². The predicted molar refractivity (Wildman–Crippen MR) is 77.7 cm³/mol. The average Bonchev–Trinajstić information content (AvgIpc) is 2.63. The zero-order valence-electron chi connectivity index (χ0n) is 11.3. The molecule has 1 N–H and O–H groups in total. The normalized spacial score (nSPS) is 11.0. The lowest BCUT2D eigenvalue weighted by Crippen LogP contribution is -2.08. The van der Waals surface area contributed by atoms with Gasteiger partial charge >= 0.3 is 0 Å². The van der Waals surface area contributed by atoms with Crippen LogP contribution in [0.5, 0.6) is 0 Å². The first-order valence-corrected chi connectivity index (χ1v) is 6.94. The largest absolute Gasteiger partial charge is 0.316 e. The summed E-state index contributed by atoms with van der Waals surface area (Å²) in [6.45, 7) is 5.40. The highest BCUT2D eigenvalue weighted by atomic mass is 79.9. The standard InChI is InChI=1S/C14H17BrFN3/c1-9-12(7-17-3)10(2)19(18-9)8-11-5-4-6-13(16)14(11)15/h4-6,17H,7-8H2,1-3H3. The van der Waals surface area contributed by atoms with Gasteiger partial charge in [-0.3, -0.25) is 4.68 Å². The maximum Gasteiger partial charge on any atom is 0.137 e. The van der Waals surface area contributed by atoms with Crippen LogP contribution in [0, 0.1) is 19.7 Å². The average molecular weight is 326 g/mol. The second-order valence-electron chi connectivity index (χ2n) is 4.55. The van der Waals surface area contributed by atoms with Gasteiger partial charge in [0.25, 0.3) is 0 Å². The SMILES string of the molecule is CNCc1c(C)nn(Cc2cccc(F)c2Br)c1C. The van der Waals surface area contributed by atoms with E-state index in [1.54, 1.807) is 6.07 Å². The van der Waals surface area contributed by atoms with Crippen molar-refractivity contribution in [3.63, 3.8) is 0 Å². The lowest BCUT2D eigenvalue weighted by Gasteiger charge is -2.08. The van der Waals surface area contributed by atoms with Gasteiger partial charge in [-0.25, -0.2) is 4.39 Å². The second-order valence-corrected chi connectivity index (χ2v) is 5.34. The number of aryl methyl sites for hydroxylation is 1. The van der Waals surface area contributed by atoms with Crippen LogP contribution < -0.4 is 5.32 Å². The highest BCUT2D eigenvalue weighted by Gasteiger charge is 2.12. The number of halogens is 2. The molecule has 1 heterocycles. The number of hydrogen-bond acceptors (Lipinski definition) is 2. The van der Waals surface area contributed by atoms with Crippen LogP contribution in [-0.4, -0.2) is 16.8 Å². The van der Waals surface area contributed by atoms with E-state index in [4.69, 9.17) is 0 Å². The Morgan fingerprint density at radius 2 is 2.11 bits per heavy atom. The zero-order chi connectivity index (χ0) is 14.0. The number of hydrogen-bond donors (Lipinski definition) is 1. The fraction of sp³-hybridized carbons (Fsp3) is 0.357. The molecule has 2 aromatic rings. The summed E-state index contributed by atoms with van der Waals surface area (Å²) in [6, 6.07) is 5.07. The molecule has 1 aromatic heterocycles. The van der Waals surface area contributed by atoms with Crippen LogP contribution in [0.25, 0.3) is 0 Å². The van der Waals surface area contributed by atoms with Crippen molar-refractivity contribution in [2.75, 3.05) is 7.05 Å². The molecule has 0 bridgehead atoms. The summed E-state index contributed by atoms with van der Waals surface area (Å²) in [5.41, 5.74) is 4.22. The maximum atomic E-state index is 13.5. The molecule has 5 heteroatoms. The monoisotopic (exact) mass is 325 g/mol. The summed E-state index contributed by atoms with van der Waals surface area (Å²) in [7, 11) is 1.92. The second kappa shape index (κ2) is 5.84. The van der Waals surface area contributed by atoms with Crippen LogP contribution in [0.2, 0.25) is 0 Å². The van der Waals surface area contributed by atoms with Crippen LogP contribution in [0.3, 0.4) is 0 Å². The summed E-state index contributed by atoms with van der Waals surface area (Å²) in [5, 5.41) is 7.67. The van der Waals surface area contributed by atoms with Crippen LogP contribution >= 0.6 is 15.9 Å². The Morgan fingerprint density at radius 1 is 1.37 bits per heavy atom. The van der Waals surface area contributed by atoms with E-state index in [0.717, 1.165) is 23.5 Å². The van der Waals surface area contributed by atoms with Gasteiger partial charge in [0.05, 0.1) is 16.7 Å². The first kappa shape index (κ1) is 14.2. The van der Waals surface area contributed by atoms with Gasteiger partial charge in [0.1, 0.15) is 5.82 Å². The summed E-state index contributed by atoms with van der Waals surface area (Å²) >= 11 is 3.29. The number of benzene rings is 1. The van der Waals surface area contributed by atoms with Crippen molar-refractivity contribution in [1.82, 2.24) is 15.1 Å². The molecule has 19 heavy (non-hydrogen) atoms. The van der Waals surface area contributed by atoms with Gasteiger partial charge < -0.3 is 5.32 Å². The molecule has 1 aromatic carbocycles. The quantitative estimate of drug-likeness (QED) is 0.935. The summed E-state index contributed by atoms with van der Waals surface area (Å²) in [4.78, 5) is 0. The molecule has 3 nitrogen and oxygen atoms in total. The Bertz CT molecular complexity index is 593. The smallest absolute Gasteiger partial charge is 0.137 e. The van der Waals surface area contributed by atoms with Crippen molar-refractivity contribution >= 4 is 15.9 Å². The third kappa shape index (κ3) is 2.87. The third-order valence-corrected chi connectivity index (χ3v) is 4.12. The molecule has 0 saturated carbocycles. The van der Waals surface area contributed by atoms with Gasteiger partial charge in [0.15, 0.2) is 0 Å². The molecule has 0 saturated heterocycles. The topological polar surface area (TPSA) is 29.9 Å². The van der Waals surface area contributed by atoms with Crippen LogP contribution in [0.15, 0.2) is 22.7 Å². The van der Waals surface area contributed by atoms with E-state index in [1.165, 1.54) is 11.6 Å². The molecule has 0 amide bonds. The van der Waals surface area contributed by atoms with E-state index in [-0.39, 0.29) is 5.82 Å². The number of nitrogens with zero attached hydrogens (tertiary/aromatic N) is 2. The van der Waals surface area contributed by atoms with Crippen LogP contribution in [-0.2, 0) is 13.1 Å². The Morgan fingerprint density at radius 3 is 2.79 bits per heavy atom. The number of nitrogens with one attached hydrogen (secondary N) is 1. The Labute approximate surface area is 121 Å². The van der Waals surface area contributed by atoms with E-state index < -0.39 is 0 Å². The van der Waals surface area contributed by atoms with Crippen molar-refractivity contribution in [1.29, 1.82) is 0 Å². The fourth-order valence-electron chi connectivity index (χ4n) is 2.15. The van der Waals surface area contributed by atoms with E-state index >= 15 is 0 Å². The molecule has 0 unspecified atom stereocenters. The van der Waals surface area contributed by atoms with Gasteiger partial charge in [-0.2, -0.15) is 5.10 Å². The van der Waals surface area contributed by atoms with Gasteiger partial charge in [0, 0.05) is 17.8 Å². The Hall–Kier alpha value is -1.20. The molecule has 0 aliphatic carbocycles. The lowest BCUT2D eigenvalue weighted by atomic mass is 10.2. The minimum absolute atomic E-state index is 0.241. The van der Waals surface area contributed by atoms with Crippen molar-refractivity contribution in [3.8, 4) is 0 Å². The van der Waals surface area contributed by atoms with E-state index in [9.17, 15) is 4.39 Å². The summed E-state index contributed by atoms with van der Waals surface area (Å²) < 4.78 is 15.9. The number of aromatic nitrogens is 2. The molecule has 0 radical (unpaired) electrons. The first-order chi connectivity index (χ1) is 9.04. The van der Waals surface area contributed by atoms with Gasteiger partial charge in [0.2, 0.25) is 0 Å². The fourth-order valence-corrected chi connectivity index (χ4v) is 2.54. The number of rotatable bonds is 4. The zero-order valence-corrected chi connectivity index (χ0v) is 12.9. The van der Waals surface area contributed by atoms with E-state index in [1.807, 2.05) is 31.6 Å². The first-order valence-electron chi connectivity index (χ1n) is 6.15. The molecular weight excluding hydrogens is 309 g/mol. The Kier molecular flexibility index (Phi) is 4.37. The van der Waals surface area contributed by atoms with Gasteiger partial charge in [-0.1, -0.05) is 12.1 Å². The minimum atomic E-state index is -0.241. The lowest BCUT2D eigenvalue weighted by molar-refractivity contribution is 0.607. The molecule has 0 fully saturated rings. The summed E-state index contributed by atoms with van der Waals surface area (Å²) in [6.07, 6.45) is 0. The maximum absolute atomic E-state index is 13.5.